The Kier molecular flexibility index (Phi) is 3.92. The molecule has 0 radical (unpaired) electrons. The molecule has 0 amide bonds. The maximum atomic E-state index is 5.85. The first kappa shape index (κ1) is 13.8. The van der Waals surface area contributed by atoms with Gasteiger partial charge >= 0.3 is 0 Å². The SMILES string of the molecule is CNC(c1ccc(Cl)o1)c1cc2c(cc1Br)OCCO2. The molecule has 0 saturated heterocycles. The Morgan fingerprint density at radius 2 is 1.90 bits per heavy atom. The van der Waals surface area contributed by atoms with E-state index in [2.05, 4.69) is 21.2 Å². The molecule has 0 bridgehead atoms. The summed E-state index contributed by atoms with van der Waals surface area (Å²) in [5.74, 6) is 2.24. The fraction of sp³-hybridized carbons (Fsp3) is 0.286. The van der Waals surface area contributed by atoms with Gasteiger partial charge in [0, 0.05) is 4.47 Å². The van der Waals surface area contributed by atoms with Crippen LogP contribution in [0, 0.1) is 0 Å². The molecule has 6 heteroatoms. The molecule has 0 aliphatic carbocycles. The number of benzene rings is 1. The van der Waals surface area contributed by atoms with Crippen molar-refractivity contribution in [1.29, 1.82) is 0 Å². The molecule has 20 heavy (non-hydrogen) atoms. The largest absolute Gasteiger partial charge is 0.486 e. The van der Waals surface area contributed by atoms with Crippen LogP contribution in [-0.4, -0.2) is 20.3 Å². The average Bonchev–Trinajstić information content (AvgIpc) is 2.86. The van der Waals surface area contributed by atoms with Crippen LogP contribution in [0.25, 0.3) is 0 Å². The maximum absolute atomic E-state index is 5.85. The van der Waals surface area contributed by atoms with E-state index >= 15 is 0 Å². The van der Waals surface area contributed by atoms with Crippen LogP contribution in [-0.2, 0) is 0 Å². The molecule has 1 aliphatic heterocycles. The molecule has 0 spiro atoms. The van der Waals surface area contributed by atoms with E-state index < -0.39 is 0 Å². The lowest BCUT2D eigenvalue weighted by Crippen LogP contribution is -2.19. The van der Waals surface area contributed by atoms with Crippen LogP contribution >= 0.6 is 27.5 Å². The van der Waals surface area contributed by atoms with Gasteiger partial charge in [-0.3, -0.25) is 0 Å². The lowest BCUT2D eigenvalue weighted by atomic mass is 10.0. The van der Waals surface area contributed by atoms with Crippen molar-refractivity contribution in [2.24, 2.45) is 0 Å². The quantitative estimate of drug-likeness (QED) is 0.907. The zero-order valence-corrected chi connectivity index (χ0v) is 13.1. The lowest BCUT2D eigenvalue weighted by molar-refractivity contribution is 0.171. The maximum Gasteiger partial charge on any atom is 0.193 e. The summed E-state index contributed by atoms with van der Waals surface area (Å²) >= 11 is 9.42. The highest BCUT2D eigenvalue weighted by Gasteiger charge is 2.22. The minimum absolute atomic E-state index is 0.118. The second-order valence-corrected chi connectivity index (χ2v) is 5.61. The number of hydrogen-bond acceptors (Lipinski definition) is 4. The van der Waals surface area contributed by atoms with Gasteiger partial charge in [-0.15, -0.1) is 0 Å². The lowest BCUT2D eigenvalue weighted by Gasteiger charge is -2.22. The van der Waals surface area contributed by atoms with Crippen molar-refractivity contribution in [3.8, 4) is 11.5 Å². The highest BCUT2D eigenvalue weighted by molar-refractivity contribution is 9.10. The van der Waals surface area contributed by atoms with Crippen molar-refractivity contribution < 1.29 is 13.9 Å². The van der Waals surface area contributed by atoms with Crippen LogP contribution in [0.3, 0.4) is 0 Å². The van der Waals surface area contributed by atoms with E-state index in [1.54, 1.807) is 6.07 Å². The van der Waals surface area contributed by atoms with Crippen LogP contribution in [0.5, 0.6) is 11.5 Å². The summed E-state index contributed by atoms with van der Waals surface area (Å²) in [6, 6.07) is 7.34. The Hall–Kier alpha value is -1.17. The highest BCUT2D eigenvalue weighted by atomic mass is 79.9. The molecule has 0 fully saturated rings. The Labute approximate surface area is 130 Å². The first-order chi connectivity index (χ1) is 9.69. The summed E-state index contributed by atoms with van der Waals surface area (Å²) in [4.78, 5) is 0. The molecule has 0 saturated carbocycles. The Bertz CT molecular complexity index is 629. The third kappa shape index (κ3) is 2.53. The second kappa shape index (κ2) is 5.68. The zero-order valence-electron chi connectivity index (χ0n) is 10.8. The van der Waals surface area contributed by atoms with Crippen LogP contribution in [0.1, 0.15) is 17.4 Å². The van der Waals surface area contributed by atoms with Crippen LogP contribution < -0.4 is 14.8 Å². The molecule has 1 aliphatic rings. The normalized spacial score (nSPS) is 15.2. The molecular formula is C14H13BrClNO3. The number of furan rings is 1. The zero-order chi connectivity index (χ0) is 14.1. The van der Waals surface area contributed by atoms with Crippen molar-refractivity contribution in [2.75, 3.05) is 20.3 Å². The topological polar surface area (TPSA) is 43.6 Å². The average molecular weight is 359 g/mol. The Morgan fingerprint density at radius 3 is 2.50 bits per heavy atom. The van der Waals surface area contributed by atoms with Crippen molar-refractivity contribution in [1.82, 2.24) is 5.32 Å². The van der Waals surface area contributed by atoms with Crippen LogP contribution in [0.15, 0.2) is 33.2 Å². The molecule has 1 unspecified atom stereocenters. The van der Waals surface area contributed by atoms with E-state index in [1.807, 2.05) is 25.2 Å². The number of rotatable bonds is 3. The monoisotopic (exact) mass is 357 g/mol. The predicted octanol–water partition coefficient (Wildman–Crippen LogP) is 3.78. The molecule has 2 aromatic rings. The number of ether oxygens (including phenoxy) is 2. The van der Waals surface area contributed by atoms with Gasteiger partial charge in [-0.05, 0) is 48.5 Å². The number of nitrogens with one attached hydrogen (secondary N) is 1. The predicted molar refractivity (Wildman–Crippen MR) is 79.8 cm³/mol. The van der Waals surface area contributed by atoms with Crippen molar-refractivity contribution >= 4 is 27.5 Å². The molecule has 1 aromatic carbocycles. The molecule has 1 aromatic heterocycles. The van der Waals surface area contributed by atoms with Gasteiger partial charge in [-0.2, -0.15) is 0 Å². The first-order valence-electron chi connectivity index (χ1n) is 6.20. The van der Waals surface area contributed by atoms with Gasteiger partial charge < -0.3 is 19.2 Å². The number of hydrogen-bond donors (Lipinski definition) is 1. The third-order valence-corrected chi connectivity index (χ3v) is 4.03. The standard InChI is InChI=1S/C14H13BrClNO3/c1-17-14(10-2-3-13(16)20-10)8-6-11-12(7-9(8)15)19-5-4-18-11/h2-3,6-7,14,17H,4-5H2,1H3. The van der Waals surface area contributed by atoms with Gasteiger partial charge in [-0.1, -0.05) is 15.9 Å². The van der Waals surface area contributed by atoms with E-state index in [4.69, 9.17) is 25.5 Å². The number of fused-ring (bicyclic) bond motifs is 1. The molecular weight excluding hydrogens is 346 g/mol. The summed E-state index contributed by atoms with van der Waals surface area (Å²) < 4.78 is 17.6. The Morgan fingerprint density at radius 1 is 1.20 bits per heavy atom. The molecule has 1 atom stereocenters. The van der Waals surface area contributed by atoms with Crippen LogP contribution in [0.4, 0.5) is 0 Å². The van der Waals surface area contributed by atoms with Crippen molar-refractivity contribution in [2.45, 2.75) is 6.04 Å². The minimum atomic E-state index is -0.118. The molecule has 2 heterocycles. The van der Waals surface area contributed by atoms with E-state index in [1.165, 1.54) is 0 Å². The summed E-state index contributed by atoms with van der Waals surface area (Å²) in [5, 5.41) is 3.59. The minimum Gasteiger partial charge on any atom is -0.486 e. The van der Waals surface area contributed by atoms with E-state index in [-0.39, 0.29) is 6.04 Å². The third-order valence-electron chi connectivity index (χ3n) is 3.14. The van der Waals surface area contributed by atoms with Crippen LogP contribution in [0.2, 0.25) is 5.22 Å². The second-order valence-electron chi connectivity index (χ2n) is 4.38. The molecule has 1 N–H and O–H groups in total. The van der Waals surface area contributed by atoms with E-state index in [9.17, 15) is 0 Å². The van der Waals surface area contributed by atoms with Gasteiger partial charge in [0.05, 0.1) is 6.04 Å². The van der Waals surface area contributed by atoms with Gasteiger partial charge in [0.25, 0.3) is 0 Å². The van der Waals surface area contributed by atoms with Gasteiger partial charge in [0.15, 0.2) is 16.7 Å². The van der Waals surface area contributed by atoms with Gasteiger partial charge in [0.2, 0.25) is 0 Å². The smallest absolute Gasteiger partial charge is 0.193 e. The number of halogens is 2. The summed E-state index contributed by atoms with van der Waals surface area (Å²) in [6.07, 6.45) is 0. The van der Waals surface area contributed by atoms with Gasteiger partial charge in [0.1, 0.15) is 19.0 Å². The Balaban J connectivity index is 2.03. The van der Waals surface area contributed by atoms with Gasteiger partial charge in [-0.25, -0.2) is 0 Å². The fourth-order valence-corrected chi connectivity index (χ4v) is 2.94. The summed E-state index contributed by atoms with van der Waals surface area (Å²) in [6.45, 7) is 1.13. The summed E-state index contributed by atoms with van der Waals surface area (Å²) in [7, 11) is 1.87. The van der Waals surface area contributed by atoms with E-state index in [0.717, 1.165) is 27.3 Å². The first-order valence-corrected chi connectivity index (χ1v) is 7.37. The molecule has 4 nitrogen and oxygen atoms in total. The fourth-order valence-electron chi connectivity index (χ4n) is 2.24. The molecule has 3 rings (SSSR count). The molecule has 106 valence electrons. The summed E-state index contributed by atoms with van der Waals surface area (Å²) in [5.41, 5.74) is 1.00. The van der Waals surface area contributed by atoms with Crippen molar-refractivity contribution in [3.05, 3.63) is 45.3 Å². The van der Waals surface area contributed by atoms with E-state index in [0.29, 0.717) is 18.4 Å². The van der Waals surface area contributed by atoms with Crippen molar-refractivity contribution in [3.63, 3.8) is 0 Å². The highest BCUT2D eigenvalue weighted by Crippen LogP contribution is 2.39.